The zero-order chi connectivity index (χ0) is 27.3. The summed E-state index contributed by atoms with van der Waals surface area (Å²) in [4.78, 5) is 17.1. The van der Waals surface area contributed by atoms with Gasteiger partial charge in [-0.2, -0.15) is 0 Å². The second-order valence-corrected chi connectivity index (χ2v) is 11.2. The lowest BCUT2D eigenvalue weighted by atomic mass is 10.1. The Labute approximate surface area is 224 Å². The fourth-order valence-electron chi connectivity index (χ4n) is 4.52. The summed E-state index contributed by atoms with van der Waals surface area (Å²) >= 11 is 0. The van der Waals surface area contributed by atoms with Gasteiger partial charge in [-0.25, -0.2) is 12.8 Å². The predicted molar refractivity (Wildman–Crippen MR) is 148 cm³/mol. The molecule has 0 saturated carbocycles. The van der Waals surface area contributed by atoms with Gasteiger partial charge in [0.1, 0.15) is 0 Å². The topological polar surface area (TPSA) is 79.0 Å². The second kappa shape index (κ2) is 11.9. The highest BCUT2D eigenvalue weighted by Crippen LogP contribution is 2.26. The van der Waals surface area contributed by atoms with Crippen LogP contribution in [0.25, 0.3) is 0 Å². The highest BCUT2D eigenvalue weighted by molar-refractivity contribution is 7.92. The molecule has 9 heteroatoms. The van der Waals surface area contributed by atoms with E-state index < -0.39 is 15.8 Å². The molecule has 0 spiro atoms. The molecular weight excluding hydrogens is 505 g/mol. The van der Waals surface area contributed by atoms with E-state index in [1.165, 1.54) is 25.3 Å². The van der Waals surface area contributed by atoms with Crippen LogP contribution in [0.15, 0.2) is 65.6 Å². The van der Waals surface area contributed by atoms with E-state index in [2.05, 4.69) is 11.6 Å². The summed E-state index contributed by atoms with van der Waals surface area (Å²) in [5, 5.41) is 0. The normalized spacial score (nSPS) is 13.9. The number of nitrogens with one attached hydrogen (secondary N) is 1. The van der Waals surface area contributed by atoms with Crippen LogP contribution in [0.3, 0.4) is 0 Å². The van der Waals surface area contributed by atoms with E-state index in [-0.39, 0.29) is 16.6 Å². The molecule has 38 heavy (non-hydrogen) atoms. The Morgan fingerprint density at radius 1 is 1.00 bits per heavy atom. The summed E-state index contributed by atoms with van der Waals surface area (Å²) in [7, 11) is -2.45. The molecule has 1 aliphatic rings. The Kier molecular flexibility index (Phi) is 8.56. The fraction of sp³-hybridized carbons (Fsp3) is 0.345. The van der Waals surface area contributed by atoms with Crippen molar-refractivity contribution in [3.05, 3.63) is 83.2 Å². The van der Waals surface area contributed by atoms with Crippen LogP contribution in [0.2, 0.25) is 0 Å². The van der Waals surface area contributed by atoms with Gasteiger partial charge < -0.3 is 14.5 Å². The molecule has 1 aliphatic heterocycles. The van der Waals surface area contributed by atoms with Crippen LogP contribution < -0.4 is 14.4 Å². The van der Waals surface area contributed by atoms with Crippen LogP contribution in [-0.2, 0) is 16.4 Å². The average Bonchev–Trinajstić information content (AvgIpc) is 2.92. The number of rotatable bonds is 9. The summed E-state index contributed by atoms with van der Waals surface area (Å²) in [6.45, 7) is 5.86. The molecule has 1 saturated heterocycles. The van der Waals surface area contributed by atoms with Crippen molar-refractivity contribution in [3.8, 4) is 5.75 Å². The van der Waals surface area contributed by atoms with Gasteiger partial charge in [0.25, 0.3) is 15.9 Å². The first kappa shape index (κ1) is 27.4. The van der Waals surface area contributed by atoms with Crippen molar-refractivity contribution in [2.45, 2.75) is 38.0 Å². The quantitative estimate of drug-likeness (QED) is 0.402. The number of nitrogens with zero attached hydrogens (tertiary/aromatic N) is 2. The van der Waals surface area contributed by atoms with Gasteiger partial charge in [0, 0.05) is 49.2 Å². The Balaban J connectivity index is 1.44. The van der Waals surface area contributed by atoms with E-state index in [4.69, 9.17) is 4.74 Å². The van der Waals surface area contributed by atoms with Gasteiger partial charge in [0.15, 0.2) is 11.6 Å². The smallest absolute Gasteiger partial charge is 0.261 e. The number of methoxy groups -OCH3 is 1. The minimum absolute atomic E-state index is 0.0360. The molecule has 3 aromatic rings. The van der Waals surface area contributed by atoms with Crippen molar-refractivity contribution < 1.29 is 22.3 Å². The monoisotopic (exact) mass is 539 g/mol. The number of anilines is 2. The van der Waals surface area contributed by atoms with Crippen LogP contribution in [0.5, 0.6) is 5.75 Å². The van der Waals surface area contributed by atoms with Gasteiger partial charge in [-0.1, -0.05) is 31.5 Å². The maximum absolute atomic E-state index is 14.1. The van der Waals surface area contributed by atoms with Crippen LogP contribution in [0.4, 0.5) is 15.8 Å². The van der Waals surface area contributed by atoms with Gasteiger partial charge >= 0.3 is 0 Å². The number of piperazine rings is 1. The Hall–Kier alpha value is -3.59. The molecule has 0 atom stereocenters. The molecule has 1 amide bonds. The zero-order valence-corrected chi connectivity index (χ0v) is 22.9. The first-order chi connectivity index (χ1) is 18.2. The van der Waals surface area contributed by atoms with Gasteiger partial charge in [0.05, 0.1) is 12.0 Å². The number of halogens is 1. The summed E-state index contributed by atoms with van der Waals surface area (Å²) < 4.78 is 48.0. The summed E-state index contributed by atoms with van der Waals surface area (Å²) in [6, 6.07) is 16.8. The number of hydrogen-bond acceptors (Lipinski definition) is 5. The highest BCUT2D eigenvalue weighted by Gasteiger charge is 2.25. The number of carbonyl (C=O) groups is 1. The molecule has 1 fully saturated rings. The van der Waals surface area contributed by atoms with Gasteiger partial charge in [-0.3, -0.25) is 9.52 Å². The zero-order valence-electron chi connectivity index (χ0n) is 22.0. The van der Waals surface area contributed by atoms with Gasteiger partial charge in [-0.05, 0) is 67.3 Å². The molecule has 4 rings (SSSR count). The SMILES string of the molecule is CCCCc1ccc(NS(=O)(=O)c2ccc(C)c(C(=O)N3CCN(c4ccc(OC)c(F)c4)CC3)c2)cc1. The van der Waals surface area contributed by atoms with Crippen LogP contribution >= 0.6 is 0 Å². The van der Waals surface area contributed by atoms with E-state index in [1.807, 2.05) is 17.0 Å². The van der Waals surface area contributed by atoms with Gasteiger partial charge in [0.2, 0.25) is 0 Å². The number of unbranched alkanes of at least 4 members (excludes halogenated alkanes) is 1. The van der Waals surface area contributed by atoms with Crippen molar-refractivity contribution in [1.29, 1.82) is 0 Å². The standard InChI is InChI=1S/C29H34FN3O4S/c1-4-5-6-22-8-10-23(11-9-22)31-38(35,36)25-13-7-21(2)26(20-25)29(34)33-17-15-32(16-18-33)24-12-14-28(37-3)27(30)19-24/h7-14,19-20,31H,4-6,15-18H2,1-3H3. The van der Waals surface area contributed by atoms with Crippen molar-refractivity contribution in [1.82, 2.24) is 4.90 Å². The molecule has 0 bridgehead atoms. The van der Waals surface area contributed by atoms with E-state index in [0.717, 1.165) is 30.5 Å². The largest absolute Gasteiger partial charge is 0.494 e. The number of carbonyl (C=O) groups excluding carboxylic acids is 1. The van der Waals surface area contributed by atoms with Crippen molar-refractivity contribution in [2.75, 3.05) is 42.9 Å². The molecule has 1 N–H and O–H groups in total. The minimum atomic E-state index is -3.88. The first-order valence-electron chi connectivity index (χ1n) is 12.8. The van der Waals surface area contributed by atoms with Crippen LogP contribution in [-0.4, -0.2) is 52.5 Å². The van der Waals surface area contributed by atoms with E-state index in [9.17, 15) is 17.6 Å². The maximum atomic E-state index is 14.1. The Bertz CT molecular complexity index is 1390. The van der Waals surface area contributed by atoms with Gasteiger partial charge in [-0.15, -0.1) is 0 Å². The second-order valence-electron chi connectivity index (χ2n) is 9.48. The third-order valence-corrected chi connectivity index (χ3v) is 8.22. The van der Waals surface area contributed by atoms with Crippen molar-refractivity contribution in [3.63, 3.8) is 0 Å². The maximum Gasteiger partial charge on any atom is 0.261 e. The lowest BCUT2D eigenvalue weighted by Crippen LogP contribution is -2.49. The molecule has 7 nitrogen and oxygen atoms in total. The molecule has 1 heterocycles. The van der Waals surface area contributed by atoms with Crippen molar-refractivity contribution >= 4 is 27.3 Å². The molecule has 0 radical (unpaired) electrons. The van der Waals surface area contributed by atoms with E-state index in [1.54, 1.807) is 42.2 Å². The highest BCUT2D eigenvalue weighted by atomic mass is 32.2. The fourth-order valence-corrected chi connectivity index (χ4v) is 5.61. The third-order valence-electron chi connectivity index (χ3n) is 6.84. The molecule has 202 valence electrons. The number of aryl methyl sites for hydroxylation is 2. The summed E-state index contributed by atoms with van der Waals surface area (Å²) in [5.74, 6) is -0.468. The van der Waals surface area contributed by atoms with E-state index >= 15 is 0 Å². The summed E-state index contributed by atoms with van der Waals surface area (Å²) in [5.41, 5.74) is 3.42. The summed E-state index contributed by atoms with van der Waals surface area (Å²) in [6.07, 6.45) is 3.14. The lowest BCUT2D eigenvalue weighted by Gasteiger charge is -2.36. The van der Waals surface area contributed by atoms with Crippen molar-refractivity contribution in [2.24, 2.45) is 0 Å². The Morgan fingerprint density at radius 3 is 2.34 bits per heavy atom. The third kappa shape index (κ3) is 6.27. The molecule has 0 aliphatic carbocycles. The lowest BCUT2D eigenvalue weighted by molar-refractivity contribution is 0.0745. The molecule has 0 unspecified atom stereocenters. The average molecular weight is 540 g/mol. The number of benzene rings is 3. The Morgan fingerprint density at radius 2 is 1.71 bits per heavy atom. The number of sulfonamides is 1. The number of amides is 1. The van der Waals surface area contributed by atoms with E-state index in [0.29, 0.717) is 43.0 Å². The molecule has 3 aromatic carbocycles. The van der Waals surface area contributed by atoms with Crippen LogP contribution in [0.1, 0.15) is 41.3 Å². The number of ether oxygens (including phenoxy) is 1. The molecular formula is C29H34FN3O4S. The first-order valence-corrected chi connectivity index (χ1v) is 14.3. The molecule has 0 aromatic heterocycles. The minimum Gasteiger partial charge on any atom is -0.494 e. The van der Waals surface area contributed by atoms with Crippen LogP contribution in [0, 0.1) is 12.7 Å². The number of hydrogen-bond donors (Lipinski definition) is 1. The predicted octanol–water partition coefficient (Wildman–Crippen LogP) is 5.25.